The number of hydrogen-bond donors (Lipinski definition) is 0. The van der Waals surface area contributed by atoms with Gasteiger partial charge in [-0.05, 0) is 50.8 Å². The topological polar surface area (TPSA) is 44.1 Å². The molecule has 0 fully saturated rings. The molecule has 0 saturated carbocycles. The van der Waals surface area contributed by atoms with Gasteiger partial charge in [-0.15, -0.1) is 0 Å². The van der Waals surface area contributed by atoms with Gasteiger partial charge in [-0.2, -0.15) is 5.10 Å². The minimum Gasteiger partial charge on any atom is -0.461 e. The summed E-state index contributed by atoms with van der Waals surface area (Å²) < 4.78 is 8.04. The largest absolute Gasteiger partial charge is 0.461 e. The van der Waals surface area contributed by atoms with Gasteiger partial charge < -0.3 is 4.74 Å². The van der Waals surface area contributed by atoms with Gasteiger partial charge in [-0.25, -0.2) is 9.48 Å². The van der Waals surface area contributed by atoms with Crippen LogP contribution < -0.4 is 0 Å². The second-order valence-corrected chi connectivity index (χ2v) is 6.01. The van der Waals surface area contributed by atoms with E-state index in [1.54, 1.807) is 0 Å². The summed E-state index contributed by atoms with van der Waals surface area (Å²) in [4.78, 5) is 12.1. The molecule has 2 aromatic rings. The van der Waals surface area contributed by atoms with Crippen molar-refractivity contribution in [3.8, 4) is 5.69 Å². The fraction of sp³-hybridized carbons (Fsp3) is 0.375. The smallest absolute Gasteiger partial charge is 0.359 e. The highest BCUT2D eigenvalue weighted by Crippen LogP contribution is 2.28. The normalized spacial score (nSPS) is 13.8. The summed E-state index contributed by atoms with van der Waals surface area (Å²) in [7, 11) is 0. The third-order valence-corrected chi connectivity index (χ3v) is 4.20. The summed E-state index contributed by atoms with van der Waals surface area (Å²) >= 11 is 3.48. The van der Waals surface area contributed by atoms with Gasteiger partial charge >= 0.3 is 5.97 Å². The Morgan fingerprint density at radius 1 is 1.38 bits per heavy atom. The summed E-state index contributed by atoms with van der Waals surface area (Å²) in [5.74, 6) is -0.315. The average molecular weight is 349 g/mol. The van der Waals surface area contributed by atoms with E-state index < -0.39 is 0 Å². The number of halogens is 1. The number of ether oxygens (including phenoxy) is 1. The van der Waals surface area contributed by atoms with Crippen LogP contribution in [0.3, 0.4) is 0 Å². The zero-order chi connectivity index (χ0) is 14.8. The molecule has 110 valence electrons. The molecule has 0 radical (unpaired) electrons. The summed E-state index contributed by atoms with van der Waals surface area (Å²) in [6, 6.07) is 7.96. The van der Waals surface area contributed by atoms with E-state index in [1.165, 1.54) is 0 Å². The lowest BCUT2D eigenvalue weighted by Crippen LogP contribution is -2.10. The molecule has 0 aliphatic heterocycles. The second kappa shape index (κ2) is 6.02. The number of hydrogen-bond acceptors (Lipinski definition) is 3. The number of esters is 1. The van der Waals surface area contributed by atoms with Gasteiger partial charge in [0.15, 0.2) is 5.69 Å². The van der Waals surface area contributed by atoms with Gasteiger partial charge in [0.05, 0.1) is 12.3 Å². The van der Waals surface area contributed by atoms with Crippen molar-refractivity contribution in [2.75, 3.05) is 6.61 Å². The molecule has 0 N–H and O–H groups in total. The van der Waals surface area contributed by atoms with Gasteiger partial charge in [0.25, 0.3) is 0 Å². The minimum atomic E-state index is -0.315. The molecular formula is C16H17BrN2O2. The zero-order valence-corrected chi connectivity index (χ0v) is 13.5. The van der Waals surface area contributed by atoms with E-state index in [-0.39, 0.29) is 5.97 Å². The van der Waals surface area contributed by atoms with Crippen LogP contribution in [0.15, 0.2) is 28.7 Å². The molecule has 1 aromatic heterocycles. The van der Waals surface area contributed by atoms with E-state index >= 15 is 0 Å². The molecule has 1 aliphatic carbocycles. The van der Waals surface area contributed by atoms with Crippen LogP contribution in [0.1, 0.15) is 41.5 Å². The number of nitrogens with zero attached hydrogens (tertiary/aromatic N) is 2. The standard InChI is InChI=1S/C16H17BrN2O2/c1-2-21-16(20)15-13-8-3-4-9-14(13)19(18-15)12-7-5-6-11(17)10-12/h5-7,10H,2-4,8-9H2,1H3. The Balaban J connectivity index is 2.11. The molecule has 0 amide bonds. The zero-order valence-electron chi connectivity index (χ0n) is 11.9. The highest BCUT2D eigenvalue weighted by molar-refractivity contribution is 9.10. The molecule has 1 aromatic carbocycles. The first kappa shape index (κ1) is 14.3. The third-order valence-electron chi connectivity index (χ3n) is 3.70. The van der Waals surface area contributed by atoms with Crippen molar-refractivity contribution in [2.45, 2.75) is 32.6 Å². The number of benzene rings is 1. The Morgan fingerprint density at radius 2 is 2.19 bits per heavy atom. The maximum absolute atomic E-state index is 12.1. The maximum Gasteiger partial charge on any atom is 0.359 e. The molecule has 1 aliphatic rings. The summed E-state index contributed by atoms with van der Waals surface area (Å²) in [5.41, 5.74) is 3.65. The quantitative estimate of drug-likeness (QED) is 0.794. The highest BCUT2D eigenvalue weighted by atomic mass is 79.9. The van der Waals surface area contributed by atoms with Gasteiger partial charge in [-0.1, -0.05) is 22.0 Å². The van der Waals surface area contributed by atoms with Crippen molar-refractivity contribution in [1.82, 2.24) is 9.78 Å². The van der Waals surface area contributed by atoms with Crippen LogP contribution in [0, 0.1) is 0 Å². The van der Waals surface area contributed by atoms with E-state index in [2.05, 4.69) is 21.0 Å². The van der Waals surface area contributed by atoms with Gasteiger partial charge in [0.2, 0.25) is 0 Å². The number of carbonyl (C=O) groups excluding carboxylic acids is 1. The van der Waals surface area contributed by atoms with E-state index in [9.17, 15) is 4.79 Å². The van der Waals surface area contributed by atoms with Crippen molar-refractivity contribution in [1.29, 1.82) is 0 Å². The molecule has 5 heteroatoms. The Labute approximate surface area is 132 Å². The minimum absolute atomic E-state index is 0.315. The lowest BCUT2D eigenvalue weighted by Gasteiger charge is -2.14. The Bertz CT molecular complexity index is 679. The van der Waals surface area contributed by atoms with E-state index in [4.69, 9.17) is 4.74 Å². The van der Waals surface area contributed by atoms with E-state index in [0.29, 0.717) is 12.3 Å². The molecule has 0 spiro atoms. The van der Waals surface area contributed by atoms with Crippen molar-refractivity contribution in [3.63, 3.8) is 0 Å². The second-order valence-electron chi connectivity index (χ2n) is 5.09. The first-order valence-corrected chi connectivity index (χ1v) is 8.04. The molecular weight excluding hydrogens is 332 g/mol. The summed E-state index contributed by atoms with van der Waals surface area (Å²) in [6.45, 7) is 2.19. The first-order valence-electron chi connectivity index (χ1n) is 7.24. The number of fused-ring (bicyclic) bond motifs is 1. The van der Waals surface area contributed by atoms with Crippen molar-refractivity contribution in [3.05, 3.63) is 45.7 Å². The van der Waals surface area contributed by atoms with Crippen LogP contribution in [0.4, 0.5) is 0 Å². The lowest BCUT2D eigenvalue weighted by atomic mass is 9.95. The van der Waals surface area contributed by atoms with Gasteiger partial charge in [0.1, 0.15) is 0 Å². The number of carbonyl (C=O) groups is 1. The monoisotopic (exact) mass is 348 g/mol. The third kappa shape index (κ3) is 2.75. The molecule has 1 heterocycles. The molecule has 21 heavy (non-hydrogen) atoms. The predicted octanol–water partition coefficient (Wildman–Crippen LogP) is 3.69. The Hall–Kier alpha value is -1.62. The Kier molecular flexibility index (Phi) is 4.10. The molecule has 0 atom stereocenters. The molecule has 0 bridgehead atoms. The fourth-order valence-corrected chi connectivity index (χ4v) is 3.17. The first-order chi connectivity index (χ1) is 10.2. The van der Waals surface area contributed by atoms with E-state index in [0.717, 1.165) is 47.1 Å². The van der Waals surface area contributed by atoms with Crippen LogP contribution in [0.25, 0.3) is 5.69 Å². The fourth-order valence-electron chi connectivity index (χ4n) is 2.78. The number of aromatic nitrogens is 2. The maximum atomic E-state index is 12.1. The van der Waals surface area contributed by atoms with Crippen LogP contribution in [0.2, 0.25) is 0 Å². The Morgan fingerprint density at radius 3 is 2.95 bits per heavy atom. The molecule has 4 nitrogen and oxygen atoms in total. The van der Waals surface area contributed by atoms with Crippen LogP contribution in [0.5, 0.6) is 0 Å². The van der Waals surface area contributed by atoms with Gasteiger partial charge in [-0.3, -0.25) is 0 Å². The highest BCUT2D eigenvalue weighted by Gasteiger charge is 2.26. The predicted molar refractivity (Wildman–Crippen MR) is 83.9 cm³/mol. The van der Waals surface area contributed by atoms with Crippen LogP contribution >= 0.6 is 15.9 Å². The average Bonchev–Trinajstić information content (AvgIpc) is 2.87. The van der Waals surface area contributed by atoms with Crippen molar-refractivity contribution in [2.24, 2.45) is 0 Å². The van der Waals surface area contributed by atoms with Crippen LogP contribution in [-0.4, -0.2) is 22.4 Å². The number of rotatable bonds is 3. The summed E-state index contributed by atoms with van der Waals surface area (Å²) in [6.07, 6.45) is 4.09. The van der Waals surface area contributed by atoms with Crippen molar-refractivity contribution >= 4 is 21.9 Å². The lowest BCUT2D eigenvalue weighted by molar-refractivity contribution is 0.0517. The molecule has 0 saturated heterocycles. The van der Waals surface area contributed by atoms with Crippen molar-refractivity contribution < 1.29 is 9.53 Å². The summed E-state index contributed by atoms with van der Waals surface area (Å²) in [5, 5.41) is 4.54. The van der Waals surface area contributed by atoms with E-state index in [1.807, 2.05) is 35.9 Å². The molecule has 0 unspecified atom stereocenters. The van der Waals surface area contributed by atoms with Gasteiger partial charge in [0, 0.05) is 15.7 Å². The van der Waals surface area contributed by atoms with Crippen LogP contribution in [-0.2, 0) is 17.6 Å². The molecule has 3 rings (SSSR count). The SMILES string of the molecule is CCOC(=O)c1nn(-c2cccc(Br)c2)c2c1CCCC2.